The Balaban J connectivity index is 2.09. The third-order valence-electron chi connectivity index (χ3n) is 2.85. The molecule has 0 radical (unpaired) electrons. The van der Waals surface area contributed by atoms with E-state index in [0.717, 1.165) is 5.56 Å². The van der Waals surface area contributed by atoms with Crippen molar-refractivity contribution in [3.63, 3.8) is 0 Å². The maximum Gasteiger partial charge on any atom is 0.165 e. The fourth-order valence-electron chi connectivity index (χ4n) is 1.51. The van der Waals surface area contributed by atoms with E-state index in [1.165, 1.54) is 18.9 Å². The molecule has 1 aliphatic carbocycles. The van der Waals surface area contributed by atoms with E-state index in [1.807, 2.05) is 19.9 Å². The number of benzene rings is 1. The lowest BCUT2D eigenvalue weighted by Gasteiger charge is -2.19. The molecule has 16 heavy (non-hydrogen) atoms. The van der Waals surface area contributed by atoms with Crippen molar-refractivity contribution in [2.75, 3.05) is 6.61 Å². The lowest BCUT2D eigenvalue weighted by molar-refractivity contribution is 0.285. The third-order valence-corrected chi connectivity index (χ3v) is 2.85. The third kappa shape index (κ3) is 2.73. The molecule has 1 fully saturated rings. The zero-order valence-electron chi connectivity index (χ0n) is 9.79. The molecule has 0 amide bonds. The molecule has 3 heteroatoms. The smallest absolute Gasteiger partial charge is 0.165 e. The molecule has 1 aromatic rings. The molecule has 2 nitrogen and oxygen atoms in total. The largest absolute Gasteiger partial charge is 0.490 e. The minimum atomic E-state index is -0.518. The zero-order chi connectivity index (χ0) is 11.8. The summed E-state index contributed by atoms with van der Waals surface area (Å²) in [6, 6.07) is 4.95. The number of halogens is 1. The molecule has 0 unspecified atom stereocenters. The Morgan fingerprint density at radius 2 is 2.12 bits per heavy atom. The maximum absolute atomic E-state index is 13.7. The Kier molecular flexibility index (Phi) is 2.89. The van der Waals surface area contributed by atoms with Crippen molar-refractivity contribution in [2.45, 2.75) is 32.2 Å². The molecule has 1 aromatic carbocycles. The van der Waals surface area contributed by atoms with Crippen LogP contribution in [0.5, 0.6) is 5.75 Å². The Labute approximate surface area is 95.6 Å². The van der Waals surface area contributed by atoms with E-state index < -0.39 is 5.54 Å². The van der Waals surface area contributed by atoms with Crippen molar-refractivity contribution in [3.8, 4) is 5.75 Å². The highest BCUT2D eigenvalue weighted by atomic mass is 19.1. The first-order valence-electron chi connectivity index (χ1n) is 5.68. The number of ether oxygens (including phenoxy) is 1. The molecule has 1 aliphatic rings. The normalized spacial score (nSPS) is 16.2. The van der Waals surface area contributed by atoms with Gasteiger partial charge < -0.3 is 10.5 Å². The van der Waals surface area contributed by atoms with E-state index in [1.54, 1.807) is 6.07 Å². The first-order valence-corrected chi connectivity index (χ1v) is 5.68. The van der Waals surface area contributed by atoms with E-state index >= 15 is 0 Å². The molecule has 0 bridgehead atoms. The summed E-state index contributed by atoms with van der Waals surface area (Å²) in [6.45, 7) is 4.33. The SMILES string of the molecule is CC(C)(N)c1ccc(OCC2CC2)c(F)c1. The highest BCUT2D eigenvalue weighted by Gasteiger charge is 2.23. The lowest BCUT2D eigenvalue weighted by Crippen LogP contribution is -2.28. The maximum atomic E-state index is 13.7. The first-order chi connectivity index (χ1) is 7.47. The molecule has 0 heterocycles. The molecule has 0 aromatic heterocycles. The minimum Gasteiger partial charge on any atom is -0.490 e. The van der Waals surface area contributed by atoms with Crippen molar-refractivity contribution in [1.82, 2.24) is 0 Å². The predicted octanol–water partition coefficient (Wildman–Crippen LogP) is 2.81. The zero-order valence-corrected chi connectivity index (χ0v) is 9.79. The van der Waals surface area contributed by atoms with Crippen LogP contribution in [0.15, 0.2) is 18.2 Å². The van der Waals surface area contributed by atoms with Crippen molar-refractivity contribution >= 4 is 0 Å². The van der Waals surface area contributed by atoms with Gasteiger partial charge in [0.15, 0.2) is 11.6 Å². The summed E-state index contributed by atoms with van der Waals surface area (Å²) in [5.41, 5.74) is 6.16. The second-order valence-electron chi connectivity index (χ2n) is 5.12. The van der Waals surface area contributed by atoms with Crippen LogP contribution in [-0.4, -0.2) is 6.61 Å². The standard InChI is InChI=1S/C13H18FNO/c1-13(2,15)10-5-6-12(11(14)7-10)16-8-9-3-4-9/h5-7,9H,3-4,8,15H2,1-2H3. The number of rotatable bonds is 4. The molecule has 0 aliphatic heterocycles. The quantitative estimate of drug-likeness (QED) is 0.851. The molecular weight excluding hydrogens is 205 g/mol. The number of hydrogen-bond donors (Lipinski definition) is 1. The van der Waals surface area contributed by atoms with Gasteiger partial charge in [-0.05, 0) is 50.3 Å². The van der Waals surface area contributed by atoms with Crippen LogP contribution in [0.1, 0.15) is 32.3 Å². The van der Waals surface area contributed by atoms with Gasteiger partial charge in [-0.15, -0.1) is 0 Å². The van der Waals surface area contributed by atoms with Gasteiger partial charge in [-0.1, -0.05) is 6.07 Å². The number of hydrogen-bond acceptors (Lipinski definition) is 2. The van der Waals surface area contributed by atoms with Crippen molar-refractivity contribution in [3.05, 3.63) is 29.6 Å². The monoisotopic (exact) mass is 223 g/mol. The van der Waals surface area contributed by atoms with Crippen LogP contribution >= 0.6 is 0 Å². The highest BCUT2D eigenvalue weighted by Crippen LogP contribution is 2.30. The van der Waals surface area contributed by atoms with Crippen molar-refractivity contribution in [2.24, 2.45) is 11.7 Å². The Morgan fingerprint density at radius 3 is 2.62 bits per heavy atom. The van der Waals surface area contributed by atoms with Gasteiger partial charge in [0.1, 0.15) is 0 Å². The molecular formula is C13H18FNO. The Hall–Kier alpha value is -1.09. The topological polar surface area (TPSA) is 35.2 Å². The van der Waals surface area contributed by atoms with Crippen LogP contribution < -0.4 is 10.5 Å². The van der Waals surface area contributed by atoms with Gasteiger partial charge in [0.2, 0.25) is 0 Å². The molecule has 0 spiro atoms. The summed E-state index contributed by atoms with van der Waals surface area (Å²) < 4.78 is 19.1. The van der Waals surface area contributed by atoms with Gasteiger partial charge in [-0.25, -0.2) is 4.39 Å². The average Bonchev–Trinajstić information content (AvgIpc) is 2.98. The second kappa shape index (κ2) is 4.06. The molecule has 0 saturated heterocycles. The Bertz CT molecular complexity index is 380. The van der Waals surface area contributed by atoms with Gasteiger partial charge in [-0.2, -0.15) is 0 Å². The summed E-state index contributed by atoms with van der Waals surface area (Å²) in [7, 11) is 0. The summed E-state index contributed by atoms with van der Waals surface area (Å²) in [5.74, 6) is 0.640. The molecule has 2 rings (SSSR count). The summed E-state index contributed by atoms with van der Waals surface area (Å²) in [5, 5.41) is 0. The van der Waals surface area contributed by atoms with Crippen LogP contribution in [0.3, 0.4) is 0 Å². The van der Waals surface area contributed by atoms with E-state index in [-0.39, 0.29) is 5.82 Å². The van der Waals surface area contributed by atoms with E-state index in [0.29, 0.717) is 18.3 Å². The molecule has 88 valence electrons. The van der Waals surface area contributed by atoms with Crippen LogP contribution in [0.25, 0.3) is 0 Å². The van der Waals surface area contributed by atoms with Gasteiger partial charge in [0.05, 0.1) is 6.61 Å². The molecule has 1 saturated carbocycles. The summed E-state index contributed by atoms with van der Waals surface area (Å²) in [4.78, 5) is 0. The minimum absolute atomic E-state index is 0.323. The Morgan fingerprint density at radius 1 is 1.44 bits per heavy atom. The fourth-order valence-corrected chi connectivity index (χ4v) is 1.51. The van der Waals surface area contributed by atoms with E-state index in [2.05, 4.69) is 0 Å². The van der Waals surface area contributed by atoms with Crippen LogP contribution in [0.4, 0.5) is 4.39 Å². The number of nitrogens with two attached hydrogens (primary N) is 1. The van der Waals surface area contributed by atoms with Crippen LogP contribution in [0, 0.1) is 11.7 Å². The lowest BCUT2D eigenvalue weighted by atomic mass is 9.95. The van der Waals surface area contributed by atoms with E-state index in [4.69, 9.17) is 10.5 Å². The van der Waals surface area contributed by atoms with Crippen molar-refractivity contribution in [1.29, 1.82) is 0 Å². The van der Waals surface area contributed by atoms with Gasteiger partial charge >= 0.3 is 0 Å². The average molecular weight is 223 g/mol. The predicted molar refractivity (Wildman–Crippen MR) is 61.8 cm³/mol. The van der Waals surface area contributed by atoms with Crippen molar-refractivity contribution < 1.29 is 9.13 Å². The second-order valence-corrected chi connectivity index (χ2v) is 5.12. The van der Waals surface area contributed by atoms with Crippen LogP contribution in [0.2, 0.25) is 0 Å². The van der Waals surface area contributed by atoms with E-state index in [9.17, 15) is 4.39 Å². The van der Waals surface area contributed by atoms with Gasteiger partial charge in [0, 0.05) is 5.54 Å². The fraction of sp³-hybridized carbons (Fsp3) is 0.538. The van der Waals surface area contributed by atoms with Gasteiger partial charge in [0.25, 0.3) is 0 Å². The summed E-state index contributed by atoms with van der Waals surface area (Å²) >= 11 is 0. The molecule has 2 N–H and O–H groups in total. The highest BCUT2D eigenvalue weighted by molar-refractivity contribution is 5.32. The van der Waals surface area contributed by atoms with Gasteiger partial charge in [-0.3, -0.25) is 0 Å². The summed E-state index contributed by atoms with van der Waals surface area (Å²) in [6.07, 6.45) is 2.41. The van der Waals surface area contributed by atoms with Crippen LogP contribution in [-0.2, 0) is 5.54 Å². The molecule has 0 atom stereocenters. The first kappa shape index (κ1) is 11.4.